The summed E-state index contributed by atoms with van der Waals surface area (Å²) in [5, 5.41) is 9.91. The lowest BCUT2D eigenvalue weighted by molar-refractivity contribution is -0.135. The van der Waals surface area contributed by atoms with Crippen molar-refractivity contribution in [1.82, 2.24) is 25.1 Å². The first-order valence-corrected chi connectivity index (χ1v) is 7.98. The number of aromatic nitrogens is 4. The average Bonchev–Trinajstić information content (AvgIpc) is 2.99. The molecule has 21 heavy (non-hydrogen) atoms. The fraction of sp³-hybridized carbons (Fsp3) is 0.455. The van der Waals surface area contributed by atoms with Crippen LogP contribution in [0.4, 0.5) is 0 Å². The summed E-state index contributed by atoms with van der Waals surface area (Å²) in [6, 6.07) is 3.27. The van der Waals surface area contributed by atoms with Gasteiger partial charge in [-0.2, -0.15) is 0 Å². The second-order valence-electron chi connectivity index (χ2n) is 4.81. The molecule has 0 unspecified atom stereocenters. The van der Waals surface area contributed by atoms with E-state index in [1.54, 1.807) is 12.1 Å². The van der Waals surface area contributed by atoms with Crippen LogP contribution in [0.3, 0.4) is 0 Å². The summed E-state index contributed by atoms with van der Waals surface area (Å²) in [5.41, 5.74) is 0. The van der Waals surface area contributed by atoms with Gasteiger partial charge in [-0.3, -0.25) is 4.79 Å². The second-order valence-corrected chi connectivity index (χ2v) is 7.10. The van der Waals surface area contributed by atoms with Crippen LogP contribution in [0.25, 0.3) is 0 Å². The number of rotatable bonds is 5. The Morgan fingerprint density at radius 2 is 2.24 bits per heavy atom. The maximum absolute atomic E-state index is 12.1. The number of hydrogen-bond acceptors (Lipinski definition) is 7. The molecule has 2 aromatic heterocycles. The summed E-state index contributed by atoms with van der Waals surface area (Å²) in [6.45, 7) is 0.409. The molecule has 3 rings (SSSR count). The molecule has 0 atom stereocenters. The lowest BCUT2D eigenvalue weighted by atomic mass is 10.2. The van der Waals surface area contributed by atoms with E-state index in [1.807, 2.05) is 0 Å². The highest BCUT2D eigenvalue weighted by molar-refractivity contribution is 7.91. The summed E-state index contributed by atoms with van der Waals surface area (Å²) >= 11 is 0. The largest absolute Gasteiger partial charge is 0.468 e. The Morgan fingerprint density at radius 3 is 2.86 bits per heavy atom. The SMILES string of the molecule is O=C(Cn1cnnn1)N1CC(S(=O)(=O)Cc2ccco2)C1. The van der Waals surface area contributed by atoms with Gasteiger partial charge in [-0.1, -0.05) is 0 Å². The summed E-state index contributed by atoms with van der Waals surface area (Å²) in [6.07, 6.45) is 2.77. The lowest BCUT2D eigenvalue weighted by Gasteiger charge is -2.38. The van der Waals surface area contributed by atoms with E-state index in [4.69, 9.17) is 4.42 Å². The first-order chi connectivity index (χ1) is 10.0. The number of furan rings is 1. The van der Waals surface area contributed by atoms with Gasteiger partial charge in [0.05, 0.1) is 11.5 Å². The third-order valence-electron chi connectivity index (χ3n) is 3.32. The second kappa shape index (κ2) is 5.28. The number of hydrogen-bond donors (Lipinski definition) is 0. The van der Waals surface area contributed by atoms with Gasteiger partial charge in [0.15, 0.2) is 9.84 Å². The monoisotopic (exact) mass is 311 g/mol. The minimum Gasteiger partial charge on any atom is -0.468 e. The molecule has 112 valence electrons. The third-order valence-corrected chi connectivity index (χ3v) is 5.32. The van der Waals surface area contributed by atoms with Gasteiger partial charge in [-0.25, -0.2) is 13.1 Å². The summed E-state index contributed by atoms with van der Waals surface area (Å²) in [7, 11) is -3.31. The number of likely N-dealkylation sites (tertiary alicyclic amines) is 1. The summed E-state index contributed by atoms with van der Waals surface area (Å²) in [4.78, 5) is 13.4. The lowest BCUT2D eigenvalue weighted by Crippen LogP contribution is -2.57. The number of amides is 1. The van der Waals surface area contributed by atoms with E-state index < -0.39 is 15.1 Å². The number of carbonyl (C=O) groups excluding carboxylic acids is 1. The predicted octanol–water partition coefficient (Wildman–Crippen LogP) is -0.908. The van der Waals surface area contributed by atoms with Crippen molar-refractivity contribution in [3.8, 4) is 0 Å². The van der Waals surface area contributed by atoms with Crippen LogP contribution in [-0.2, 0) is 26.9 Å². The molecule has 9 nitrogen and oxygen atoms in total. The van der Waals surface area contributed by atoms with Crippen LogP contribution < -0.4 is 0 Å². The van der Waals surface area contributed by atoms with E-state index in [1.165, 1.54) is 22.2 Å². The topological polar surface area (TPSA) is 111 Å². The van der Waals surface area contributed by atoms with E-state index in [9.17, 15) is 13.2 Å². The fourth-order valence-electron chi connectivity index (χ4n) is 2.07. The van der Waals surface area contributed by atoms with Gasteiger partial charge in [0.2, 0.25) is 5.91 Å². The van der Waals surface area contributed by atoms with E-state index in [0.717, 1.165) is 0 Å². The van der Waals surface area contributed by atoms with Crippen molar-refractivity contribution in [3.63, 3.8) is 0 Å². The van der Waals surface area contributed by atoms with Crippen molar-refractivity contribution >= 4 is 15.7 Å². The summed E-state index contributed by atoms with van der Waals surface area (Å²) in [5.74, 6) is 0.0693. The number of sulfone groups is 1. The Bertz CT molecular complexity index is 704. The highest BCUT2D eigenvalue weighted by atomic mass is 32.2. The molecule has 0 aromatic carbocycles. The molecule has 0 radical (unpaired) electrons. The molecule has 0 aliphatic carbocycles. The molecule has 0 saturated carbocycles. The molecule has 1 amide bonds. The van der Waals surface area contributed by atoms with Crippen molar-refractivity contribution in [3.05, 3.63) is 30.5 Å². The highest BCUT2D eigenvalue weighted by Crippen LogP contribution is 2.21. The van der Waals surface area contributed by atoms with E-state index in [-0.39, 0.29) is 31.3 Å². The molecule has 0 N–H and O–H groups in total. The molecule has 1 aliphatic rings. The zero-order valence-corrected chi connectivity index (χ0v) is 11.8. The predicted molar refractivity (Wildman–Crippen MR) is 69.5 cm³/mol. The smallest absolute Gasteiger partial charge is 0.244 e. The van der Waals surface area contributed by atoms with E-state index in [0.29, 0.717) is 5.76 Å². The van der Waals surface area contributed by atoms with Crippen molar-refractivity contribution in [1.29, 1.82) is 0 Å². The molecular weight excluding hydrogens is 298 g/mol. The quantitative estimate of drug-likeness (QED) is 0.703. The normalized spacial score (nSPS) is 15.9. The first-order valence-electron chi connectivity index (χ1n) is 6.27. The first kappa shape index (κ1) is 13.7. The molecule has 3 heterocycles. The van der Waals surface area contributed by atoms with Gasteiger partial charge in [0.25, 0.3) is 0 Å². The van der Waals surface area contributed by atoms with Gasteiger partial charge >= 0.3 is 0 Å². The van der Waals surface area contributed by atoms with Crippen LogP contribution in [0, 0.1) is 0 Å². The Hall–Kier alpha value is -2.23. The van der Waals surface area contributed by atoms with E-state index >= 15 is 0 Å². The van der Waals surface area contributed by atoms with Crippen LogP contribution in [-0.4, -0.2) is 57.8 Å². The minimum atomic E-state index is -3.31. The zero-order valence-electron chi connectivity index (χ0n) is 11.0. The van der Waals surface area contributed by atoms with Crippen molar-refractivity contribution in [2.24, 2.45) is 0 Å². The van der Waals surface area contributed by atoms with Crippen molar-refractivity contribution in [2.45, 2.75) is 17.5 Å². The Balaban J connectivity index is 1.54. The molecule has 1 saturated heterocycles. The van der Waals surface area contributed by atoms with Gasteiger partial charge in [0, 0.05) is 13.1 Å². The number of nitrogens with zero attached hydrogens (tertiary/aromatic N) is 5. The van der Waals surface area contributed by atoms with Crippen LogP contribution >= 0.6 is 0 Å². The van der Waals surface area contributed by atoms with Crippen LogP contribution in [0.2, 0.25) is 0 Å². The molecule has 2 aromatic rings. The van der Waals surface area contributed by atoms with Gasteiger partial charge in [-0.15, -0.1) is 5.10 Å². The van der Waals surface area contributed by atoms with E-state index in [2.05, 4.69) is 15.5 Å². The fourth-order valence-corrected chi connectivity index (χ4v) is 3.68. The van der Waals surface area contributed by atoms with Gasteiger partial charge < -0.3 is 9.32 Å². The molecule has 10 heteroatoms. The average molecular weight is 311 g/mol. The van der Waals surface area contributed by atoms with Crippen molar-refractivity contribution < 1.29 is 17.6 Å². The highest BCUT2D eigenvalue weighted by Gasteiger charge is 2.39. The molecule has 1 aliphatic heterocycles. The third kappa shape index (κ3) is 2.94. The number of carbonyl (C=O) groups is 1. The molecule has 0 bridgehead atoms. The van der Waals surface area contributed by atoms with Crippen LogP contribution in [0.1, 0.15) is 5.76 Å². The van der Waals surface area contributed by atoms with Crippen molar-refractivity contribution in [2.75, 3.05) is 13.1 Å². The van der Waals surface area contributed by atoms with Crippen LogP contribution in [0.15, 0.2) is 29.1 Å². The maximum Gasteiger partial charge on any atom is 0.244 e. The molecule has 0 spiro atoms. The molecular formula is C11H13N5O4S. The van der Waals surface area contributed by atoms with Gasteiger partial charge in [-0.05, 0) is 22.6 Å². The van der Waals surface area contributed by atoms with Gasteiger partial charge in [0.1, 0.15) is 24.4 Å². The summed E-state index contributed by atoms with van der Waals surface area (Å²) < 4.78 is 30.6. The zero-order chi connectivity index (χ0) is 14.9. The Kier molecular flexibility index (Phi) is 3.45. The molecule has 1 fully saturated rings. The Labute approximate surface area is 120 Å². The standard InChI is InChI=1S/C11H13N5O4S/c17-11(6-16-8-12-13-14-16)15-4-10(5-15)21(18,19)7-9-2-1-3-20-9/h1-3,8,10H,4-7H2. The minimum absolute atomic E-state index is 0.0119. The van der Waals surface area contributed by atoms with Crippen LogP contribution in [0.5, 0.6) is 0 Å². The maximum atomic E-state index is 12.1. The Morgan fingerprint density at radius 1 is 1.43 bits per heavy atom. The number of tetrazole rings is 1.